The molecule has 0 fully saturated rings. The van der Waals surface area contributed by atoms with Crippen molar-refractivity contribution in [1.82, 2.24) is 19.6 Å². The smallest absolute Gasteiger partial charge is 0.320 e. The van der Waals surface area contributed by atoms with Crippen LogP contribution in [0.1, 0.15) is 27.9 Å². The normalized spacial score (nSPS) is 10.5. The molecule has 0 aliphatic heterocycles. The van der Waals surface area contributed by atoms with Gasteiger partial charge in [-0.25, -0.2) is 0 Å². The standard InChI is InChI=1S/C11H13N7O4/c1-3-17-4-6(8(15-17)10(12)19)13-11(20)9-7(18(21)22)5-16(2)14-9/h4-5H,3H2,1-2H3,(H2,12,19)(H,13,20). The molecule has 3 N–H and O–H groups in total. The number of amides is 2. The number of hydrogen-bond acceptors (Lipinski definition) is 6. The van der Waals surface area contributed by atoms with Crippen LogP contribution in [0.4, 0.5) is 11.4 Å². The largest absolute Gasteiger partial charge is 0.364 e. The fraction of sp³-hybridized carbons (Fsp3) is 0.273. The highest BCUT2D eigenvalue weighted by atomic mass is 16.6. The molecule has 0 radical (unpaired) electrons. The first kappa shape index (κ1) is 15.2. The average molecular weight is 307 g/mol. The molecule has 2 aromatic rings. The van der Waals surface area contributed by atoms with Crippen LogP contribution in [0, 0.1) is 10.1 Å². The summed E-state index contributed by atoms with van der Waals surface area (Å²) >= 11 is 0. The molecular formula is C11H13N7O4. The summed E-state index contributed by atoms with van der Waals surface area (Å²) in [4.78, 5) is 33.6. The van der Waals surface area contributed by atoms with Crippen molar-refractivity contribution in [3.05, 3.63) is 33.9 Å². The lowest BCUT2D eigenvalue weighted by molar-refractivity contribution is -0.385. The van der Waals surface area contributed by atoms with Gasteiger partial charge in [-0.3, -0.25) is 29.1 Å². The Morgan fingerprint density at radius 3 is 2.59 bits per heavy atom. The number of nitrogens with two attached hydrogens (primary N) is 1. The predicted octanol–water partition coefficient (Wildman–Crippen LogP) is -0.104. The van der Waals surface area contributed by atoms with Gasteiger partial charge in [0.05, 0.1) is 10.6 Å². The Labute approximate surface area is 123 Å². The van der Waals surface area contributed by atoms with E-state index in [-0.39, 0.29) is 17.1 Å². The van der Waals surface area contributed by atoms with E-state index in [1.165, 1.54) is 17.9 Å². The van der Waals surface area contributed by atoms with Crippen molar-refractivity contribution in [3.8, 4) is 0 Å². The topological polar surface area (TPSA) is 151 Å². The molecule has 2 amide bonds. The van der Waals surface area contributed by atoms with E-state index in [2.05, 4.69) is 15.5 Å². The van der Waals surface area contributed by atoms with Crippen LogP contribution in [0.3, 0.4) is 0 Å². The van der Waals surface area contributed by atoms with Crippen molar-refractivity contribution >= 4 is 23.2 Å². The zero-order chi connectivity index (χ0) is 16.4. The quantitative estimate of drug-likeness (QED) is 0.581. The fourth-order valence-electron chi connectivity index (χ4n) is 1.81. The van der Waals surface area contributed by atoms with Gasteiger partial charge < -0.3 is 11.1 Å². The zero-order valence-electron chi connectivity index (χ0n) is 11.8. The zero-order valence-corrected chi connectivity index (χ0v) is 11.8. The van der Waals surface area contributed by atoms with Crippen molar-refractivity contribution in [2.75, 3.05) is 5.32 Å². The van der Waals surface area contributed by atoms with Crippen LogP contribution in [0.5, 0.6) is 0 Å². The van der Waals surface area contributed by atoms with E-state index in [1.54, 1.807) is 6.92 Å². The number of carbonyl (C=O) groups is 2. The molecule has 22 heavy (non-hydrogen) atoms. The van der Waals surface area contributed by atoms with Gasteiger partial charge in [0, 0.05) is 19.8 Å². The first-order valence-electron chi connectivity index (χ1n) is 6.20. The van der Waals surface area contributed by atoms with E-state index in [0.29, 0.717) is 6.54 Å². The number of aryl methyl sites for hydroxylation is 2. The van der Waals surface area contributed by atoms with Crippen molar-refractivity contribution in [1.29, 1.82) is 0 Å². The number of nitrogens with zero attached hydrogens (tertiary/aromatic N) is 5. The Hall–Kier alpha value is -3.24. The number of primary amides is 1. The minimum absolute atomic E-state index is 0.0688. The highest BCUT2D eigenvalue weighted by molar-refractivity contribution is 6.08. The van der Waals surface area contributed by atoms with E-state index in [0.717, 1.165) is 10.9 Å². The van der Waals surface area contributed by atoms with Crippen molar-refractivity contribution in [3.63, 3.8) is 0 Å². The maximum absolute atomic E-state index is 12.1. The van der Waals surface area contributed by atoms with Crippen LogP contribution >= 0.6 is 0 Å². The van der Waals surface area contributed by atoms with Crippen LogP contribution in [0.2, 0.25) is 0 Å². The molecule has 0 spiro atoms. The predicted molar refractivity (Wildman–Crippen MR) is 74.2 cm³/mol. The fourth-order valence-corrected chi connectivity index (χ4v) is 1.81. The highest BCUT2D eigenvalue weighted by Crippen LogP contribution is 2.19. The minimum Gasteiger partial charge on any atom is -0.364 e. The monoisotopic (exact) mass is 307 g/mol. The molecule has 2 aromatic heterocycles. The molecule has 2 heterocycles. The summed E-state index contributed by atoms with van der Waals surface area (Å²) < 4.78 is 2.56. The van der Waals surface area contributed by atoms with Gasteiger partial charge in [-0.2, -0.15) is 10.2 Å². The lowest BCUT2D eigenvalue weighted by Crippen LogP contribution is -2.19. The highest BCUT2D eigenvalue weighted by Gasteiger charge is 2.26. The maximum Gasteiger partial charge on any atom is 0.320 e. The second-order valence-corrected chi connectivity index (χ2v) is 4.36. The molecule has 0 aromatic carbocycles. The van der Waals surface area contributed by atoms with Gasteiger partial charge in [-0.15, -0.1) is 0 Å². The molecule has 0 saturated heterocycles. The third-order valence-corrected chi connectivity index (χ3v) is 2.79. The van der Waals surface area contributed by atoms with Gasteiger partial charge in [0.15, 0.2) is 5.69 Å². The summed E-state index contributed by atoms with van der Waals surface area (Å²) in [5.41, 5.74) is 4.31. The third-order valence-electron chi connectivity index (χ3n) is 2.79. The van der Waals surface area contributed by atoms with E-state index in [1.807, 2.05) is 0 Å². The molecule has 0 saturated carbocycles. The lowest BCUT2D eigenvalue weighted by atomic mass is 10.3. The lowest BCUT2D eigenvalue weighted by Gasteiger charge is -2.01. The van der Waals surface area contributed by atoms with E-state index in [4.69, 9.17) is 5.73 Å². The van der Waals surface area contributed by atoms with Gasteiger partial charge in [-0.1, -0.05) is 0 Å². The van der Waals surface area contributed by atoms with Gasteiger partial charge in [-0.05, 0) is 6.92 Å². The Morgan fingerprint density at radius 2 is 2.05 bits per heavy atom. The molecule has 116 valence electrons. The number of rotatable bonds is 5. The van der Waals surface area contributed by atoms with Gasteiger partial charge in [0.2, 0.25) is 5.69 Å². The second kappa shape index (κ2) is 5.63. The number of carbonyl (C=O) groups excluding carboxylic acids is 2. The first-order chi connectivity index (χ1) is 10.3. The number of nitrogens with one attached hydrogen (secondary N) is 1. The SMILES string of the molecule is CCn1cc(NC(=O)c2nn(C)cc2[N+](=O)[O-])c(C(N)=O)n1. The van der Waals surface area contributed by atoms with Crippen molar-refractivity contribution in [2.45, 2.75) is 13.5 Å². The second-order valence-electron chi connectivity index (χ2n) is 4.36. The van der Waals surface area contributed by atoms with Crippen molar-refractivity contribution < 1.29 is 14.5 Å². The Morgan fingerprint density at radius 1 is 1.36 bits per heavy atom. The van der Waals surface area contributed by atoms with E-state index in [9.17, 15) is 19.7 Å². The van der Waals surface area contributed by atoms with Crippen LogP contribution in [0.25, 0.3) is 0 Å². The number of hydrogen-bond donors (Lipinski definition) is 2. The molecule has 11 heteroatoms. The molecule has 0 atom stereocenters. The Balaban J connectivity index is 2.35. The molecular weight excluding hydrogens is 294 g/mol. The minimum atomic E-state index is -0.828. The summed E-state index contributed by atoms with van der Waals surface area (Å²) in [5.74, 6) is -1.65. The maximum atomic E-state index is 12.1. The Kier molecular flexibility index (Phi) is 3.88. The number of aromatic nitrogens is 4. The summed E-state index contributed by atoms with van der Waals surface area (Å²) in [6.07, 6.45) is 2.52. The third kappa shape index (κ3) is 2.77. The summed E-state index contributed by atoms with van der Waals surface area (Å²) in [7, 11) is 1.45. The molecule has 0 aliphatic rings. The van der Waals surface area contributed by atoms with Crippen LogP contribution in [-0.4, -0.2) is 36.3 Å². The summed E-state index contributed by atoms with van der Waals surface area (Å²) in [5, 5.41) is 20.9. The Bertz CT molecular complexity index is 761. The van der Waals surface area contributed by atoms with E-state index >= 15 is 0 Å². The van der Waals surface area contributed by atoms with Crippen molar-refractivity contribution in [2.24, 2.45) is 12.8 Å². The van der Waals surface area contributed by atoms with Crippen LogP contribution < -0.4 is 11.1 Å². The molecule has 0 unspecified atom stereocenters. The van der Waals surface area contributed by atoms with Crippen LogP contribution in [-0.2, 0) is 13.6 Å². The number of nitro groups is 1. The molecule has 2 rings (SSSR count). The number of anilines is 1. The van der Waals surface area contributed by atoms with Crippen LogP contribution in [0.15, 0.2) is 12.4 Å². The van der Waals surface area contributed by atoms with Gasteiger partial charge in [0.25, 0.3) is 11.8 Å². The first-order valence-corrected chi connectivity index (χ1v) is 6.20. The molecule has 0 bridgehead atoms. The summed E-state index contributed by atoms with van der Waals surface area (Å²) in [6, 6.07) is 0. The van der Waals surface area contributed by atoms with Gasteiger partial charge >= 0.3 is 5.69 Å². The van der Waals surface area contributed by atoms with E-state index < -0.39 is 22.4 Å². The average Bonchev–Trinajstić information content (AvgIpc) is 3.02. The molecule has 11 nitrogen and oxygen atoms in total. The summed E-state index contributed by atoms with van der Waals surface area (Å²) in [6.45, 7) is 2.24. The van der Waals surface area contributed by atoms with Gasteiger partial charge in [0.1, 0.15) is 6.20 Å². The molecule has 0 aliphatic carbocycles.